The molecule has 0 aromatic heterocycles. The van der Waals surface area contributed by atoms with Crippen molar-refractivity contribution in [3.63, 3.8) is 0 Å². The van der Waals surface area contributed by atoms with Gasteiger partial charge in [0, 0.05) is 36.0 Å². The van der Waals surface area contributed by atoms with Gasteiger partial charge in [-0.05, 0) is 48.6 Å². The van der Waals surface area contributed by atoms with Crippen LogP contribution in [0.4, 0.5) is 11.4 Å². The van der Waals surface area contributed by atoms with Crippen LogP contribution in [0.3, 0.4) is 0 Å². The van der Waals surface area contributed by atoms with Crippen LogP contribution in [0.1, 0.15) is 0 Å². The van der Waals surface area contributed by atoms with E-state index in [1.54, 1.807) is 0 Å². The molecule has 21 heavy (non-hydrogen) atoms. The van der Waals surface area contributed by atoms with Crippen molar-refractivity contribution in [2.45, 2.75) is 0 Å². The highest BCUT2D eigenvalue weighted by Crippen LogP contribution is 2.14. The lowest BCUT2D eigenvalue weighted by Crippen LogP contribution is -2.35. The molecular weight excluding hydrogens is 346 g/mol. The van der Waals surface area contributed by atoms with E-state index >= 15 is 0 Å². The Morgan fingerprint density at radius 1 is 1.10 bits per heavy atom. The lowest BCUT2D eigenvalue weighted by Gasteiger charge is -2.20. The molecule has 0 unspecified atom stereocenters. The minimum absolute atomic E-state index is 0.638. The quantitative estimate of drug-likeness (QED) is 0.788. The molecule has 3 nitrogen and oxygen atoms in total. The van der Waals surface area contributed by atoms with Gasteiger partial charge in [0.05, 0.1) is 0 Å². The first kappa shape index (κ1) is 15.8. The lowest BCUT2D eigenvalue weighted by molar-refractivity contribution is 0.827. The van der Waals surface area contributed by atoms with Crippen LogP contribution in [-0.4, -0.2) is 25.2 Å². The van der Waals surface area contributed by atoms with Gasteiger partial charge in [0.1, 0.15) is 0 Å². The topological polar surface area (TPSA) is 27.3 Å². The van der Waals surface area contributed by atoms with Crippen molar-refractivity contribution in [2.75, 3.05) is 30.4 Å². The summed E-state index contributed by atoms with van der Waals surface area (Å²) >= 11 is 8.70. The molecule has 0 bridgehead atoms. The first-order valence-corrected chi connectivity index (χ1v) is 7.92. The summed E-state index contributed by atoms with van der Waals surface area (Å²) in [5.74, 6) is 0. The summed E-state index contributed by atoms with van der Waals surface area (Å²) in [6.07, 6.45) is 0. The van der Waals surface area contributed by atoms with E-state index in [0.29, 0.717) is 5.11 Å². The Labute approximate surface area is 139 Å². The van der Waals surface area contributed by atoms with Crippen LogP contribution >= 0.6 is 28.1 Å². The molecule has 0 heterocycles. The minimum atomic E-state index is 0.638. The Balaban J connectivity index is 1.73. The Kier molecular flexibility index (Phi) is 6.02. The number of para-hydroxylation sites is 1. The molecule has 0 atom stereocenters. The van der Waals surface area contributed by atoms with E-state index in [1.165, 1.54) is 5.69 Å². The summed E-state index contributed by atoms with van der Waals surface area (Å²) in [6.45, 7) is 1.67. The number of nitrogens with zero attached hydrogens (tertiary/aromatic N) is 1. The normalized spacial score (nSPS) is 10.0. The summed E-state index contributed by atoms with van der Waals surface area (Å²) in [6, 6.07) is 18.2. The second kappa shape index (κ2) is 8.00. The van der Waals surface area contributed by atoms with Gasteiger partial charge in [0.25, 0.3) is 0 Å². The molecule has 0 aliphatic carbocycles. The van der Waals surface area contributed by atoms with Crippen molar-refractivity contribution in [3.05, 3.63) is 59.1 Å². The fraction of sp³-hybridized carbons (Fsp3) is 0.188. The van der Waals surface area contributed by atoms with E-state index in [-0.39, 0.29) is 0 Å². The predicted octanol–water partition coefficient (Wildman–Crippen LogP) is 3.87. The fourth-order valence-corrected chi connectivity index (χ4v) is 2.34. The number of anilines is 2. The Morgan fingerprint density at radius 2 is 1.76 bits per heavy atom. The molecule has 2 rings (SSSR count). The van der Waals surface area contributed by atoms with Crippen LogP contribution in [0.25, 0.3) is 0 Å². The van der Waals surface area contributed by atoms with Crippen LogP contribution in [0.2, 0.25) is 0 Å². The highest BCUT2D eigenvalue weighted by atomic mass is 79.9. The minimum Gasteiger partial charge on any atom is -0.373 e. The number of halogens is 1. The van der Waals surface area contributed by atoms with Crippen molar-refractivity contribution in [3.8, 4) is 0 Å². The molecule has 0 saturated carbocycles. The number of likely N-dealkylation sites (N-methyl/N-ethyl adjacent to an activating group) is 1. The second-order valence-corrected chi connectivity index (χ2v) is 5.97. The fourth-order valence-electron chi connectivity index (χ4n) is 1.86. The van der Waals surface area contributed by atoms with Gasteiger partial charge in [-0.2, -0.15) is 0 Å². The van der Waals surface area contributed by atoms with Gasteiger partial charge in [0.2, 0.25) is 0 Å². The van der Waals surface area contributed by atoms with Crippen molar-refractivity contribution >= 4 is 44.6 Å². The molecule has 2 aromatic rings. The maximum Gasteiger partial charge on any atom is 0.170 e. The van der Waals surface area contributed by atoms with E-state index < -0.39 is 0 Å². The standard InChI is InChI=1S/C16H18BrN3S/c1-20(15-5-3-2-4-6-15)12-11-18-16(21)19-14-9-7-13(17)8-10-14/h2-10H,11-12H2,1H3,(H2,18,19,21). The number of nitrogens with one attached hydrogen (secondary N) is 2. The van der Waals surface area contributed by atoms with Gasteiger partial charge in [0.15, 0.2) is 5.11 Å². The monoisotopic (exact) mass is 363 g/mol. The largest absolute Gasteiger partial charge is 0.373 e. The summed E-state index contributed by atoms with van der Waals surface area (Å²) in [4.78, 5) is 2.19. The van der Waals surface area contributed by atoms with Gasteiger partial charge in [-0.3, -0.25) is 0 Å². The average molecular weight is 364 g/mol. The zero-order chi connectivity index (χ0) is 15.1. The SMILES string of the molecule is CN(CCNC(=S)Nc1ccc(Br)cc1)c1ccccc1. The molecule has 0 radical (unpaired) electrons. The molecule has 0 saturated heterocycles. The number of hydrogen-bond acceptors (Lipinski definition) is 2. The van der Waals surface area contributed by atoms with Crippen LogP contribution in [0.15, 0.2) is 59.1 Å². The third-order valence-corrected chi connectivity index (χ3v) is 3.81. The Morgan fingerprint density at radius 3 is 2.43 bits per heavy atom. The zero-order valence-corrected chi connectivity index (χ0v) is 14.2. The summed E-state index contributed by atoms with van der Waals surface area (Å²) in [5, 5.41) is 7.01. The highest BCUT2D eigenvalue weighted by molar-refractivity contribution is 9.10. The molecule has 110 valence electrons. The summed E-state index contributed by atoms with van der Waals surface area (Å²) in [7, 11) is 2.07. The van der Waals surface area contributed by atoms with E-state index in [2.05, 4.69) is 50.6 Å². The van der Waals surface area contributed by atoms with Gasteiger partial charge < -0.3 is 15.5 Å². The molecule has 0 aliphatic rings. The second-order valence-electron chi connectivity index (χ2n) is 4.64. The Bertz CT molecular complexity index is 572. The van der Waals surface area contributed by atoms with E-state index in [1.807, 2.05) is 42.5 Å². The molecule has 0 fully saturated rings. The summed E-state index contributed by atoms with van der Waals surface area (Å²) in [5.41, 5.74) is 2.18. The van der Waals surface area contributed by atoms with Gasteiger partial charge >= 0.3 is 0 Å². The first-order chi connectivity index (χ1) is 10.1. The van der Waals surface area contributed by atoms with E-state index in [4.69, 9.17) is 12.2 Å². The van der Waals surface area contributed by atoms with Crippen LogP contribution in [0.5, 0.6) is 0 Å². The van der Waals surface area contributed by atoms with Crippen LogP contribution in [-0.2, 0) is 0 Å². The van der Waals surface area contributed by atoms with Crippen LogP contribution < -0.4 is 15.5 Å². The van der Waals surface area contributed by atoms with Crippen LogP contribution in [0, 0.1) is 0 Å². The van der Waals surface area contributed by atoms with Gasteiger partial charge in [-0.1, -0.05) is 34.1 Å². The molecule has 0 spiro atoms. The molecule has 0 amide bonds. The zero-order valence-electron chi connectivity index (χ0n) is 11.8. The third kappa shape index (κ3) is 5.36. The third-order valence-electron chi connectivity index (χ3n) is 3.03. The molecule has 2 N–H and O–H groups in total. The number of thiocarbonyl (C=S) groups is 1. The highest BCUT2D eigenvalue weighted by Gasteiger charge is 2.01. The number of hydrogen-bond donors (Lipinski definition) is 2. The van der Waals surface area contributed by atoms with Gasteiger partial charge in [-0.15, -0.1) is 0 Å². The number of benzene rings is 2. The van der Waals surface area contributed by atoms with E-state index in [0.717, 1.165) is 23.2 Å². The van der Waals surface area contributed by atoms with Crippen molar-refractivity contribution in [1.82, 2.24) is 5.32 Å². The van der Waals surface area contributed by atoms with Gasteiger partial charge in [-0.25, -0.2) is 0 Å². The van der Waals surface area contributed by atoms with Crippen molar-refractivity contribution in [1.29, 1.82) is 0 Å². The molecular formula is C16H18BrN3S. The predicted molar refractivity (Wildman–Crippen MR) is 98.1 cm³/mol. The molecule has 5 heteroatoms. The number of rotatable bonds is 5. The molecule has 0 aliphatic heterocycles. The average Bonchev–Trinajstić information content (AvgIpc) is 2.50. The molecule has 2 aromatic carbocycles. The Hall–Kier alpha value is -1.59. The maximum absolute atomic E-state index is 5.29. The summed E-state index contributed by atoms with van der Waals surface area (Å²) < 4.78 is 1.05. The van der Waals surface area contributed by atoms with Crippen molar-refractivity contribution < 1.29 is 0 Å². The first-order valence-electron chi connectivity index (χ1n) is 6.72. The lowest BCUT2D eigenvalue weighted by atomic mass is 10.3. The van der Waals surface area contributed by atoms with E-state index in [9.17, 15) is 0 Å². The maximum atomic E-state index is 5.29. The smallest absolute Gasteiger partial charge is 0.170 e. The van der Waals surface area contributed by atoms with Crippen molar-refractivity contribution in [2.24, 2.45) is 0 Å².